The second-order valence-corrected chi connectivity index (χ2v) is 7.64. The molecule has 0 bridgehead atoms. The lowest BCUT2D eigenvalue weighted by Gasteiger charge is -2.08. The van der Waals surface area contributed by atoms with Crippen molar-refractivity contribution in [2.45, 2.75) is 45.4 Å². The van der Waals surface area contributed by atoms with Crippen LogP contribution in [0.25, 0.3) is 0 Å². The molecular formula is C25H48O11. The molecule has 0 saturated carbocycles. The lowest BCUT2D eigenvalue weighted by atomic mass is 10.2. The molecule has 0 rings (SSSR count). The van der Waals surface area contributed by atoms with Gasteiger partial charge in [-0.05, 0) is 6.42 Å². The summed E-state index contributed by atoms with van der Waals surface area (Å²) < 4.78 is 47.2. The number of esters is 2. The van der Waals surface area contributed by atoms with E-state index in [2.05, 4.69) is 11.7 Å². The summed E-state index contributed by atoms with van der Waals surface area (Å²) in [6.07, 6.45) is 5.00. The molecule has 0 aliphatic rings. The van der Waals surface area contributed by atoms with Gasteiger partial charge < -0.3 is 42.6 Å². The third-order valence-corrected chi connectivity index (χ3v) is 4.64. The summed E-state index contributed by atoms with van der Waals surface area (Å²) in [5, 5.41) is 0. The molecule has 11 nitrogen and oxygen atoms in total. The number of ether oxygens (including phenoxy) is 9. The minimum atomic E-state index is -0.286. The zero-order valence-corrected chi connectivity index (χ0v) is 22.3. The van der Waals surface area contributed by atoms with Gasteiger partial charge in [-0.3, -0.25) is 9.59 Å². The highest BCUT2D eigenvalue weighted by Crippen LogP contribution is 2.03. The smallest absolute Gasteiger partial charge is 0.307 e. The molecule has 0 aromatic heterocycles. The number of methoxy groups -OCH3 is 1. The Bertz CT molecular complexity index is 477. The molecule has 11 heteroatoms. The molecule has 36 heavy (non-hydrogen) atoms. The molecular weight excluding hydrogens is 476 g/mol. The quantitative estimate of drug-likeness (QED) is 0.106. The Hall–Kier alpha value is -1.34. The Kier molecular flexibility index (Phi) is 28.8. The fraction of sp³-hybridized carbons (Fsp3) is 0.920. The van der Waals surface area contributed by atoms with Gasteiger partial charge in [0.2, 0.25) is 0 Å². The molecule has 0 spiro atoms. The van der Waals surface area contributed by atoms with Crippen LogP contribution >= 0.6 is 0 Å². The van der Waals surface area contributed by atoms with Crippen LogP contribution < -0.4 is 0 Å². The zero-order valence-electron chi connectivity index (χ0n) is 22.3. The normalized spacial score (nSPS) is 11.1. The molecule has 0 N–H and O–H groups in total. The van der Waals surface area contributed by atoms with Crippen molar-refractivity contribution < 1.29 is 52.2 Å². The summed E-state index contributed by atoms with van der Waals surface area (Å²) in [6.45, 7) is 8.80. The largest absolute Gasteiger partial charge is 0.469 e. The third kappa shape index (κ3) is 28.9. The van der Waals surface area contributed by atoms with E-state index in [4.69, 9.17) is 37.9 Å². The lowest BCUT2D eigenvalue weighted by Crippen LogP contribution is -2.15. The van der Waals surface area contributed by atoms with Crippen LogP contribution in [0.5, 0.6) is 0 Å². The van der Waals surface area contributed by atoms with E-state index in [0.717, 1.165) is 25.7 Å². The summed E-state index contributed by atoms with van der Waals surface area (Å²) in [6, 6.07) is 0. The fourth-order valence-electron chi connectivity index (χ4n) is 2.66. The highest BCUT2D eigenvalue weighted by molar-refractivity contribution is 5.69. The summed E-state index contributed by atoms with van der Waals surface area (Å²) in [5.41, 5.74) is 0. The van der Waals surface area contributed by atoms with Crippen molar-refractivity contribution in [1.82, 2.24) is 0 Å². The van der Waals surface area contributed by atoms with Crippen molar-refractivity contribution in [2.75, 3.05) is 106 Å². The van der Waals surface area contributed by atoms with Crippen LogP contribution in [0.2, 0.25) is 0 Å². The van der Waals surface area contributed by atoms with E-state index in [1.54, 1.807) is 0 Å². The van der Waals surface area contributed by atoms with Crippen LogP contribution in [0.4, 0.5) is 0 Å². The van der Waals surface area contributed by atoms with Crippen LogP contribution in [0.15, 0.2) is 0 Å². The van der Waals surface area contributed by atoms with Crippen molar-refractivity contribution in [3.8, 4) is 0 Å². The molecule has 0 atom stereocenters. The van der Waals surface area contributed by atoms with Gasteiger partial charge in [0.15, 0.2) is 0 Å². The third-order valence-electron chi connectivity index (χ3n) is 4.64. The van der Waals surface area contributed by atoms with E-state index in [-0.39, 0.29) is 25.0 Å². The minimum absolute atomic E-state index is 0.155. The predicted molar refractivity (Wildman–Crippen MR) is 132 cm³/mol. The molecule has 0 fully saturated rings. The monoisotopic (exact) mass is 524 g/mol. The number of unbranched alkanes of at least 4 members (excludes halogenated alkanes) is 3. The van der Waals surface area contributed by atoms with E-state index in [1.807, 2.05) is 0 Å². The average Bonchev–Trinajstić information content (AvgIpc) is 2.88. The molecule has 0 aromatic carbocycles. The first-order valence-electron chi connectivity index (χ1n) is 13.0. The van der Waals surface area contributed by atoms with E-state index < -0.39 is 0 Å². The molecule has 0 aliphatic heterocycles. The van der Waals surface area contributed by atoms with Crippen molar-refractivity contribution in [2.24, 2.45) is 0 Å². The van der Waals surface area contributed by atoms with Crippen molar-refractivity contribution >= 4 is 11.9 Å². The first kappa shape index (κ1) is 34.7. The Morgan fingerprint density at radius 1 is 0.444 bits per heavy atom. The second kappa shape index (κ2) is 29.9. The van der Waals surface area contributed by atoms with E-state index in [0.29, 0.717) is 98.9 Å². The summed E-state index contributed by atoms with van der Waals surface area (Å²) in [7, 11) is 1.35. The molecule has 0 aromatic rings. The maximum Gasteiger partial charge on any atom is 0.307 e. The number of carbonyl (C=O) groups excluding carboxylic acids is 2. The highest BCUT2D eigenvalue weighted by atomic mass is 16.6. The Balaban J connectivity index is 3.10. The van der Waals surface area contributed by atoms with Gasteiger partial charge in [0.25, 0.3) is 0 Å². The van der Waals surface area contributed by atoms with Crippen molar-refractivity contribution in [3.63, 3.8) is 0 Å². The maximum absolute atomic E-state index is 11.5. The van der Waals surface area contributed by atoms with Crippen LogP contribution in [0, 0.1) is 0 Å². The molecule has 0 heterocycles. The van der Waals surface area contributed by atoms with Gasteiger partial charge in [-0.2, -0.15) is 0 Å². The average molecular weight is 525 g/mol. The van der Waals surface area contributed by atoms with E-state index in [9.17, 15) is 9.59 Å². The second-order valence-electron chi connectivity index (χ2n) is 7.64. The molecule has 0 radical (unpaired) electrons. The van der Waals surface area contributed by atoms with Crippen molar-refractivity contribution in [1.29, 1.82) is 0 Å². The van der Waals surface area contributed by atoms with Gasteiger partial charge in [-0.25, -0.2) is 0 Å². The minimum Gasteiger partial charge on any atom is -0.469 e. The molecule has 214 valence electrons. The van der Waals surface area contributed by atoms with Gasteiger partial charge in [0, 0.05) is 6.42 Å². The predicted octanol–water partition coefficient (Wildman–Crippen LogP) is 2.18. The maximum atomic E-state index is 11.5. The number of rotatable bonds is 29. The number of hydrogen-bond donors (Lipinski definition) is 0. The SMILES string of the molecule is CCCCCCC(=O)OCCOCCOCCOCCOCCOCCOCCOCCC(=O)OC. The molecule has 0 aliphatic carbocycles. The van der Waals surface area contributed by atoms with Gasteiger partial charge in [-0.15, -0.1) is 0 Å². The van der Waals surface area contributed by atoms with Crippen LogP contribution in [0.1, 0.15) is 45.4 Å². The number of hydrogen-bond acceptors (Lipinski definition) is 11. The van der Waals surface area contributed by atoms with Gasteiger partial charge in [0.1, 0.15) is 6.61 Å². The molecule has 0 unspecified atom stereocenters. The van der Waals surface area contributed by atoms with Gasteiger partial charge in [-0.1, -0.05) is 26.2 Å². The fourth-order valence-corrected chi connectivity index (χ4v) is 2.66. The number of carbonyl (C=O) groups is 2. The van der Waals surface area contributed by atoms with Gasteiger partial charge >= 0.3 is 11.9 Å². The topological polar surface area (TPSA) is 117 Å². The first-order valence-corrected chi connectivity index (χ1v) is 13.0. The summed E-state index contributed by atoms with van der Waals surface area (Å²) in [4.78, 5) is 22.4. The van der Waals surface area contributed by atoms with Crippen LogP contribution in [-0.4, -0.2) is 118 Å². The summed E-state index contributed by atoms with van der Waals surface area (Å²) in [5.74, 6) is -0.441. The highest BCUT2D eigenvalue weighted by Gasteiger charge is 2.02. The first-order chi connectivity index (χ1) is 17.7. The van der Waals surface area contributed by atoms with E-state index >= 15 is 0 Å². The Morgan fingerprint density at radius 3 is 1.22 bits per heavy atom. The zero-order chi connectivity index (χ0) is 26.4. The lowest BCUT2D eigenvalue weighted by molar-refractivity contribution is -0.145. The Labute approximate surface area is 216 Å². The molecule has 0 saturated heterocycles. The van der Waals surface area contributed by atoms with Crippen LogP contribution in [-0.2, 0) is 52.2 Å². The van der Waals surface area contributed by atoms with Crippen molar-refractivity contribution in [3.05, 3.63) is 0 Å². The Morgan fingerprint density at radius 2 is 0.833 bits per heavy atom. The van der Waals surface area contributed by atoms with Gasteiger partial charge in [0.05, 0.1) is 106 Å². The van der Waals surface area contributed by atoms with E-state index in [1.165, 1.54) is 7.11 Å². The standard InChI is InChI=1S/C25H48O11/c1-3-4-5-6-7-25(27)36-23-22-35-21-20-34-19-18-33-17-16-32-15-14-31-13-12-30-11-10-29-9-8-24(26)28-2/h3-23H2,1-2H3. The molecule has 0 amide bonds. The summed E-state index contributed by atoms with van der Waals surface area (Å²) >= 11 is 0. The van der Waals surface area contributed by atoms with Crippen LogP contribution in [0.3, 0.4) is 0 Å².